The van der Waals surface area contributed by atoms with Crippen molar-refractivity contribution in [3.05, 3.63) is 35.5 Å². The molecule has 1 aromatic heterocycles. The highest BCUT2D eigenvalue weighted by molar-refractivity contribution is 5.88. The third-order valence-corrected chi connectivity index (χ3v) is 5.04. The predicted molar refractivity (Wildman–Crippen MR) is 102 cm³/mol. The molecule has 1 aromatic carbocycles. The molecule has 1 aliphatic carbocycles. The average molecular weight is 370 g/mol. The van der Waals surface area contributed by atoms with Crippen LogP contribution in [0.3, 0.4) is 0 Å². The first-order valence-corrected chi connectivity index (χ1v) is 9.68. The van der Waals surface area contributed by atoms with E-state index < -0.39 is 0 Å². The summed E-state index contributed by atoms with van der Waals surface area (Å²) >= 11 is 0. The number of nitrogens with zero attached hydrogens (tertiary/aromatic N) is 2. The zero-order valence-electron chi connectivity index (χ0n) is 15.7. The Morgan fingerprint density at radius 3 is 2.74 bits per heavy atom. The Morgan fingerprint density at radius 2 is 1.93 bits per heavy atom. The van der Waals surface area contributed by atoms with Crippen molar-refractivity contribution in [1.82, 2.24) is 15.1 Å². The number of aromatic nitrogens is 2. The molecule has 2 aliphatic rings. The van der Waals surface area contributed by atoms with E-state index in [0.29, 0.717) is 25.8 Å². The Bertz CT molecular complexity index is 812. The van der Waals surface area contributed by atoms with Crippen molar-refractivity contribution < 1.29 is 14.3 Å². The fraction of sp³-hybridized carbons (Fsp3) is 0.500. The van der Waals surface area contributed by atoms with Crippen molar-refractivity contribution in [3.8, 4) is 11.5 Å². The molecule has 0 atom stereocenters. The van der Waals surface area contributed by atoms with Gasteiger partial charge in [0.25, 0.3) is 0 Å². The van der Waals surface area contributed by atoms with Gasteiger partial charge in [-0.15, -0.1) is 0 Å². The van der Waals surface area contributed by atoms with Crippen molar-refractivity contribution in [1.29, 1.82) is 0 Å². The van der Waals surface area contributed by atoms with Crippen LogP contribution in [0, 0.1) is 6.92 Å². The summed E-state index contributed by atoms with van der Waals surface area (Å²) in [5.41, 5.74) is 1.88. The summed E-state index contributed by atoms with van der Waals surface area (Å²) in [7, 11) is 0. The third-order valence-electron chi connectivity index (χ3n) is 5.04. The molecule has 2 amide bonds. The maximum atomic E-state index is 12.4. The van der Waals surface area contributed by atoms with Gasteiger partial charge in [0, 0.05) is 19.0 Å². The lowest BCUT2D eigenvalue weighted by Gasteiger charge is -2.15. The number of nitrogens with one attached hydrogen (secondary N) is 2. The second-order valence-electron chi connectivity index (χ2n) is 7.19. The molecule has 2 N–H and O–H groups in total. The molecule has 144 valence electrons. The van der Waals surface area contributed by atoms with E-state index >= 15 is 0 Å². The van der Waals surface area contributed by atoms with Crippen LogP contribution in [0.25, 0.3) is 0 Å². The number of aryl methyl sites for hydroxylation is 1. The van der Waals surface area contributed by atoms with Crippen molar-refractivity contribution in [2.75, 3.05) is 18.5 Å². The smallest absolute Gasteiger partial charge is 0.320 e. The van der Waals surface area contributed by atoms with Crippen LogP contribution in [0.5, 0.6) is 11.5 Å². The Hall–Kier alpha value is -2.70. The van der Waals surface area contributed by atoms with Crippen LogP contribution in [0.4, 0.5) is 10.6 Å². The Balaban J connectivity index is 1.37. The van der Waals surface area contributed by atoms with Gasteiger partial charge in [0.2, 0.25) is 0 Å². The molecule has 0 unspecified atom stereocenters. The summed E-state index contributed by atoms with van der Waals surface area (Å²) in [6.07, 6.45) is 5.56. The van der Waals surface area contributed by atoms with Gasteiger partial charge < -0.3 is 14.8 Å². The number of carbonyl (C=O) groups is 1. The fourth-order valence-electron chi connectivity index (χ4n) is 3.70. The van der Waals surface area contributed by atoms with E-state index in [-0.39, 0.29) is 6.03 Å². The van der Waals surface area contributed by atoms with E-state index in [1.54, 1.807) is 0 Å². The Kier molecular flexibility index (Phi) is 5.18. The number of benzene rings is 1. The summed E-state index contributed by atoms with van der Waals surface area (Å²) in [6, 6.07) is 7.84. The molecule has 0 saturated heterocycles. The van der Waals surface area contributed by atoms with E-state index in [2.05, 4.69) is 15.7 Å². The molecule has 1 saturated carbocycles. The molecule has 1 aliphatic heterocycles. The normalized spacial score (nSPS) is 16.8. The van der Waals surface area contributed by atoms with Crippen molar-refractivity contribution in [2.24, 2.45) is 0 Å². The summed E-state index contributed by atoms with van der Waals surface area (Å²) in [4.78, 5) is 12.4. The zero-order chi connectivity index (χ0) is 18.6. The molecule has 1 fully saturated rings. The predicted octanol–water partition coefficient (Wildman–Crippen LogP) is 3.79. The highest BCUT2D eigenvalue weighted by Crippen LogP contribution is 2.32. The van der Waals surface area contributed by atoms with Crippen LogP contribution in [-0.4, -0.2) is 29.0 Å². The second kappa shape index (κ2) is 7.90. The van der Waals surface area contributed by atoms with E-state index in [9.17, 15) is 4.79 Å². The highest BCUT2D eigenvalue weighted by Gasteiger charge is 2.21. The number of hydrogen-bond donors (Lipinski definition) is 2. The van der Waals surface area contributed by atoms with Crippen molar-refractivity contribution in [2.45, 2.75) is 51.6 Å². The van der Waals surface area contributed by atoms with Gasteiger partial charge in [-0.2, -0.15) is 5.10 Å². The minimum atomic E-state index is -0.235. The van der Waals surface area contributed by atoms with Gasteiger partial charge in [-0.25, -0.2) is 9.48 Å². The first kappa shape index (κ1) is 17.7. The average Bonchev–Trinajstić information content (AvgIpc) is 3.24. The summed E-state index contributed by atoms with van der Waals surface area (Å²) in [6.45, 7) is 3.68. The number of carbonyl (C=O) groups excluding carboxylic acids is 1. The van der Waals surface area contributed by atoms with E-state index in [0.717, 1.165) is 47.8 Å². The summed E-state index contributed by atoms with van der Waals surface area (Å²) in [5, 5.41) is 10.4. The number of amides is 2. The number of hydrogen-bond acceptors (Lipinski definition) is 4. The largest absolute Gasteiger partial charge is 0.490 e. The van der Waals surface area contributed by atoms with Crippen LogP contribution >= 0.6 is 0 Å². The minimum Gasteiger partial charge on any atom is -0.490 e. The van der Waals surface area contributed by atoms with Crippen molar-refractivity contribution in [3.63, 3.8) is 0 Å². The van der Waals surface area contributed by atoms with E-state index in [1.807, 2.05) is 35.9 Å². The number of rotatable bonds is 4. The first-order chi connectivity index (χ1) is 13.2. The van der Waals surface area contributed by atoms with Gasteiger partial charge in [0.05, 0.1) is 24.9 Å². The van der Waals surface area contributed by atoms with E-state index in [4.69, 9.17) is 9.47 Å². The minimum absolute atomic E-state index is 0.235. The number of anilines is 1. The number of fused-ring (bicyclic) bond motifs is 1. The number of urea groups is 1. The quantitative estimate of drug-likeness (QED) is 0.858. The Labute approximate surface area is 159 Å². The topological polar surface area (TPSA) is 77.4 Å². The molecule has 2 aromatic rings. The molecular formula is C20H26N4O3. The van der Waals surface area contributed by atoms with Crippen LogP contribution in [0.1, 0.15) is 49.4 Å². The summed E-state index contributed by atoms with van der Waals surface area (Å²) in [5.74, 6) is 2.26. The van der Waals surface area contributed by atoms with E-state index in [1.165, 1.54) is 12.8 Å². The fourth-order valence-corrected chi connectivity index (χ4v) is 3.70. The van der Waals surface area contributed by atoms with Gasteiger partial charge in [0.1, 0.15) is 5.82 Å². The third kappa shape index (κ3) is 4.18. The second-order valence-corrected chi connectivity index (χ2v) is 7.19. The molecule has 7 heteroatoms. The standard InChI is InChI=1S/C20H26N4O3/c1-14-11-19(24(23-14)16-5-2-3-6-16)22-20(25)21-13-15-7-8-17-18(12-15)27-10-4-9-26-17/h7-8,11-12,16H,2-6,9-10,13H2,1H3,(H2,21,22,25). The molecular weight excluding hydrogens is 344 g/mol. The van der Waals surface area contributed by atoms with Crippen LogP contribution in [0.2, 0.25) is 0 Å². The molecule has 27 heavy (non-hydrogen) atoms. The maximum Gasteiger partial charge on any atom is 0.320 e. The van der Waals surface area contributed by atoms with Gasteiger partial charge in [-0.3, -0.25) is 5.32 Å². The zero-order valence-corrected chi connectivity index (χ0v) is 15.7. The van der Waals surface area contributed by atoms with Gasteiger partial charge in [-0.1, -0.05) is 18.9 Å². The monoisotopic (exact) mass is 370 g/mol. The van der Waals surface area contributed by atoms with Gasteiger partial charge >= 0.3 is 6.03 Å². The van der Waals surface area contributed by atoms with Gasteiger partial charge in [0.15, 0.2) is 11.5 Å². The SMILES string of the molecule is Cc1cc(NC(=O)NCc2ccc3c(c2)OCCCO3)n(C2CCCC2)n1. The van der Waals surface area contributed by atoms with Crippen LogP contribution in [0.15, 0.2) is 24.3 Å². The maximum absolute atomic E-state index is 12.4. The summed E-state index contributed by atoms with van der Waals surface area (Å²) < 4.78 is 13.3. The molecule has 4 rings (SSSR count). The lowest BCUT2D eigenvalue weighted by molar-refractivity contribution is 0.251. The van der Waals surface area contributed by atoms with Crippen LogP contribution in [-0.2, 0) is 6.54 Å². The Morgan fingerprint density at radius 1 is 1.15 bits per heavy atom. The lowest BCUT2D eigenvalue weighted by atomic mass is 10.2. The molecule has 7 nitrogen and oxygen atoms in total. The lowest BCUT2D eigenvalue weighted by Crippen LogP contribution is -2.29. The van der Waals surface area contributed by atoms with Gasteiger partial charge in [-0.05, 0) is 37.5 Å². The first-order valence-electron chi connectivity index (χ1n) is 9.68. The highest BCUT2D eigenvalue weighted by atomic mass is 16.5. The van der Waals surface area contributed by atoms with Crippen molar-refractivity contribution >= 4 is 11.8 Å². The number of ether oxygens (including phenoxy) is 2. The molecule has 0 radical (unpaired) electrons. The molecule has 0 spiro atoms. The molecule has 0 bridgehead atoms. The molecule has 2 heterocycles. The van der Waals surface area contributed by atoms with Crippen LogP contribution < -0.4 is 20.1 Å².